The van der Waals surface area contributed by atoms with Crippen molar-refractivity contribution in [1.82, 2.24) is 24.3 Å². The third-order valence-corrected chi connectivity index (χ3v) is 4.84. The molecule has 0 atom stereocenters. The third-order valence-electron chi connectivity index (χ3n) is 4.84. The van der Waals surface area contributed by atoms with E-state index in [9.17, 15) is 9.59 Å². The molecule has 7 heteroatoms. The van der Waals surface area contributed by atoms with Crippen molar-refractivity contribution >= 4 is 33.9 Å². The van der Waals surface area contributed by atoms with E-state index in [0.29, 0.717) is 12.2 Å². The van der Waals surface area contributed by atoms with Crippen molar-refractivity contribution in [2.24, 2.45) is 7.05 Å². The predicted octanol–water partition coefficient (Wildman–Crippen LogP) is 2.99. The summed E-state index contributed by atoms with van der Waals surface area (Å²) in [6.07, 6.45) is 3.39. The molecule has 0 aliphatic heterocycles. The van der Waals surface area contributed by atoms with Gasteiger partial charge in [-0.1, -0.05) is 24.3 Å². The van der Waals surface area contributed by atoms with Gasteiger partial charge in [-0.05, 0) is 23.8 Å². The molecular weight excluding hydrogens is 354 g/mol. The van der Waals surface area contributed by atoms with E-state index >= 15 is 0 Å². The van der Waals surface area contributed by atoms with Crippen LogP contribution in [0.4, 0.5) is 4.79 Å². The molecule has 3 aromatic heterocycles. The molecule has 0 saturated carbocycles. The number of aromatic nitrogens is 3. The Balaban J connectivity index is 1.83. The molecule has 0 spiro atoms. The predicted molar refractivity (Wildman–Crippen MR) is 108 cm³/mol. The number of carbonyl (C=O) groups excluding carboxylic acids is 2. The van der Waals surface area contributed by atoms with Gasteiger partial charge >= 0.3 is 6.03 Å². The average Bonchev–Trinajstić information content (AvgIpc) is 3.23. The van der Waals surface area contributed by atoms with Crippen molar-refractivity contribution in [3.63, 3.8) is 0 Å². The number of benzene rings is 1. The van der Waals surface area contributed by atoms with Crippen LogP contribution < -0.4 is 5.32 Å². The van der Waals surface area contributed by atoms with Crippen molar-refractivity contribution in [2.75, 3.05) is 14.1 Å². The Morgan fingerprint density at radius 1 is 1.11 bits per heavy atom. The first-order valence-electron chi connectivity index (χ1n) is 8.96. The molecule has 3 heterocycles. The minimum Gasteiger partial charge on any atom is -0.347 e. The Kier molecular flexibility index (Phi) is 4.35. The summed E-state index contributed by atoms with van der Waals surface area (Å²) in [6, 6.07) is 13.1. The number of nitrogens with zero attached hydrogens (tertiary/aromatic N) is 4. The van der Waals surface area contributed by atoms with Gasteiger partial charge < -0.3 is 14.8 Å². The molecule has 4 rings (SSSR count). The van der Waals surface area contributed by atoms with Crippen LogP contribution in [0.15, 0.2) is 54.9 Å². The number of aryl methyl sites for hydroxylation is 1. The lowest BCUT2D eigenvalue weighted by molar-refractivity contribution is 0.0942. The van der Waals surface area contributed by atoms with E-state index in [1.165, 1.54) is 9.47 Å². The molecule has 0 aliphatic rings. The van der Waals surface area contributed by atoms with E-state index in [-0.39, 0.29) is 11.9 Å². The van der Waals surface area contributed by atoms with E-state index in [4.69, 9.17) is 0 Å². The largest absolute Gasteiger partial charge is 0.347 e. The molecule has 1 N–H and O–H groups in total. The number of pyridine rings is 1. The Labute approximate surface area is 162 Å². The number of hydrogen-bond acceptors (Lipinski definition) is 3. The van der Waals surface area contributed by atoms with Crippen LogP contribution >= 0.6 is 0 Å². The van der Waals surface area contributed by atoms with Gasteiger partial charge in [-0.2, -0.15) is 0 Å². The second kappa shape index (κ2) is 6.84. The molecule has 0 radical (unpaired) electrons. The van der Waals surface area contributed by atoms with Gasteiger partial charge in [-0.3, -0.25) is 14.3 Å². The molecule has 0 fully saturated rings. The third kappa shape index (κ3) is 2.81. The van der Waals surface area contributed by atoms with Crippen LogP contribution in [0.3, 0.4) is 0 Å². The highest BCUT2D eigenvalue weighted by Crippen LogP contribution is 2.31. The molecular formula is C21H21N5O2. The van der Waals surface area contributed by atoms with Crippen molar-refractivity contribution in [3.8, 4) is 0 Å². The Hall–Kier alpha value is -3.61. The summed E-state index contributed by atoms with van der Waals surface area (Å²) in [4.78, 5) is 31.4. The van der Waals surface area contributed by atoms with E-state index in [0.717, 1.165) is 27.5 Å². The number of amides is 2. The highest BCUT2D eigenvalue weighted by atomic mass is 16.2. The van der Waals surface area contributed by atoms with Crippen LogP contribution in [0.5, 0.6) is 0 Å². The van der Waals surface area contributed by atoms with Crippen LogP contribution in [0.1, 0.15) is 16.1 Å². The van der Waals surface area contributed by atoms with E-state index in [2.05, 4.69) is 10.3 Å². The summed E-state index contributed by atoms with van der Waals surface area (Å²) in [5, 5.41) is 3.82. The molecule has 0 bridgehead atoms. The number of para-hydroxylation sites is 1. The molecule has 0 aliphatic carbocycles. The number of hydrogen-bond donors (Lipinski definition) is 1. The van der Waals surface area contributed by atoms with Gasteiger partial charge in [0.25, 0.3) is 5.91 Å². The van der Waals surface area contributed by atoms with Crippen molar-refractivity contribution in [2.45, 2.75) is 6.54 Å². The van der Waals surface area contributed by atoms with Gasteiger partial charge in [0, 0.05) is 45.5 Å². The second-order valence-electron chi connectivity index (χ2n) is 6.90. The van der Waals surface area contributed by atoms with Gasteiger partial charge in [0.15, 0.2) is 0 Å². The van der Waals surface area contributed by atoms with E-state index in [1.807, 2.05) is 48.0 Å². The summed E-state index contributed by atoms with van der Waals surface area (Å²) in [7, 11) is 5.29. The van der Waals surface area contributed by atoms with Crippen molar-refractivity contribution in [1.29, 1.82) is 0 Å². The lowest BCUT2D eigenvalue weighted by Gasteiger charge is -2.15. The lowest BCUT2D eigenvalue weighted by atomic mass is 10.2. The van der Waals surface area contributed by atoms with Crippen molar-refractivity contribution in [3.05, 3.63) is 66.1 Å². The molecule has 7 nitrogen and oxygen atoms in total. The quantitative estimate of drug-likeness (QED) is 0.598. The summed E-state index contributed by atoms with van der Waals surface area (Å²) < 4.78 is 3.50. The minimum absolute atomic E-state index is 0.266. The Morgan fingerprint density at radius 2 is 1.89 bits per heavy atom. The fraction of sp³-hybridized carbons (Fsp3) is 0.190. The first-order chi connectivity index (χ1) is 13.5. The lowest BCUT2D eigenvalue weighted by Crippen LogP contribution is -2.32. The van der Waals surface area contributed by atoms with Crippen LogP contribution in [0, 0.1) is 0 Å². The number of carbonyl (C=O) groups is 2. The maximum Gasteiger partial charge on any atom is 0.328 e. The maximum absolute atomic E-state index is 13.0. The molecule has 0 saturated heterocycles. The van der Waals surface area contributed by atoms with Crippen LogP contribution in [0.25, 0.3) is 21.9 Å². The Bertz CT molecular complexity index is 1190. The van der Waals surface area contributed by atoms with Gasteiger partial charge in [-0.25, -0.2) is 4.79 Å². The minimum atomic E-state index is -0.306. The number of rotatable bonds is 3. The Morgan fingerprint density at radius 3 is 2.61 bits per heavy atom. The van der Waals surface area contributed by atoms with E-state index in [1.54, 1.807) is 32.6 Å². The summed E-state index contributed by atoms with van der Waals surface area (Å²) in [6.45, 7) is 0.338. The number of nitrogens with one attached hydrogen (secondary N) is 1. The summed E-state index contributed by atoms with van der Waals surface area (Å²) >= 11 is 0. The highest BCUT2D eigenvalue weighted by Gasteiger charge is 2.25. The molecule has 1 aromatic carbocycles. The molecule has 28 heavy (non-hydrogen) atoms. The topological polar surface area (TPSA) is 72.2 Å². The molecule has 2 amide bonds. The summed E-state index contributed by atoms with van der Waals surface area (Å²) in [5.74, 6) is -0.306. The fourth-order valence-corrected chi connectivity index (χ4v) is 3.45. The second-order valence-corrected chi connectivity index (χ2v) is 6.90. The summed E-state index contributed by atoms with van der Waals surface area (Å²) in [5.41, 5.74) is 3.79. The van der Waals surface area contributed by atoms with Crippen LogP contribution in [-0.4, -0.2) is 45.1 Å². The van der Waals surface area contributed by atoms with Gasteiger partial charge in [-0.15, -0.1) is 0 Å². The SMILES string of the molecule is CN(C)C(=O)n1c(C(=O)NCc2cccnc2)cc2c1c1ccccc1n2C. The average molecular weight is 375 g/mol. The zero-order chi connectivity index (χ0) is 19.8. The molecule has 4 aromatic rings. The highest BCUT2D eigenvalue weighted by molar-refractivity contribution is 6.14. The van der Waals surface area contributed by atoms with Gasteiger partial charge in [0.1, 0.15) is 5.69 Å². The smallest absolute Gasteiger partial charge is 0.328 e. The first-order valence-corrected chi connectivity index (χ1v) is 8.96. The van der Waals surface area contributed by atoms with Gasteiger partial charge in [0.2, 0.25) is 0 Å². The monoisotopic (exact) mass is 375 g/mol. The van der Waals surface area contributed by atoms with Crippen molar-refractivity contribution < 1.29 is 9.59 Å². The standard InChI is InChI=1S/C21H21N5O2/c1-24(2)21(28)26-18(20(27)23-13-14-7-6-10-22-12-14)11-17-19(26)15-8-4-5-9-16(15)25(17)3/h4-12H,13H2,1-3H3,(H,23,27). The molecule has 0 unspecified atom stereocenters. The maximum atomic E-state index is 13.0. The first kappa shape index (κ1) is 17.8. The normalized spacial score (nSPS) is 11.1. The van der Waals surface area contributed by atoms with E-state index < -0.39 is 0 Å². The number of fused-ring (bicyclic) bond motifs is 3. The zero-order valence-electron chi connectivity index (χ0n) is 16.0. The van der Waals surface area contributed by atoms with Gasteiger partial charge in [0.05, 0.1) is 16.6 Å². The van der Waals surface area contributed by atoms with Crippen LogP contribution in [-0.2, 0) is 13.6 Å². The molecule has 142 valence electrons. The zero-order valence-corrected chi connectivity index (χ0v) is 16.0. The fourth-order valence-electron chi connectivity index (χ4n) is 3.45. The van der Waals surface area contributed by atoms with Crippen LogP contribution in [0.2, 0.25) is 0 Å².